The fraction of sp³-hybridized carbons (Fsp3) is 0.167. The van der Waals surface area contributed by atoms with Crippen LogP contribution in [0.2, 0.25) is 0 Å². The Morgan fingerprint density at radius 3 is 2.78 bits per heavy atom. The van der Waals surface area contributed by atoms with E-state index >= 15 is 0 Å². The molecule has 2 rings (SSSR count). The van der Waals surface area contributed by atoms with Crippen molar-refractivity contribution in [2.24, 2.45) is 0 Å². The van der Waals surface area contributed by atoms with Crippen molar-refractivity contribution >= 4 is 11.9 Å². The van der Waals surface area contributed by atoms with Crippen LogP contribution in [0.5, 0.6) is 5.75 Å². The molecule has 1 aromatic heterocycles. The first-order valence-electron chi connectivity index (χ1n) is 5.18. The number of aromatic carboxylic acids is 1. The standard InChI is InChI=1S/C12H12N2O4/c1-6-5-7(3-4-8(6)17-2)9-10(12(15)16)14-18-11(9)13/h3-5H,13H2,1-2H3,(H,15,16). The normalized spacial score (nSPS) is 10.3. The number of hydrogen-bond acceptors (Lipinski definition) is 5. The Hall–Kier alpha value is -2.50. The Bertz CT molecular complexity index is 604. The van der Waals surface area contributed by atoms with Gasteiger partial charge in [0.2, 0.25) is 11.6 Å². The van der Waals surface area contributed by atoms with Crippen LogP contribution < -0.4 is 10.5 Å². The number of nitrogen functional groups attached to an aromatic ring is 1. The number of ether oxygens (including phenoxy) is 1. The zero-order valence-electron chi connectivity index (χ0n) is 9.93. The van der Waals surface area contributed by atoms with Crippen molar-refractivity contribution in [3.05, 3.63) is 29.5 Å². The number of rotatable bonds is 3. The molecule has 2 aromatic rings. The molecule has 0 bridgehead atoms. The number of carboxylic acids is 1. The van der Waals surface area contributed by atoms with Gasteiger partial charge in [-0.05, 0) is 30.2 Å². The average molecular weight is 248 g/mol. The van der Waals surface area contributed by atoms with Crippen LogP contribution in [0.4, 0.5) is 5.88 Å². The van der Waals surface area contributed by atoms with Crippen molar-refractivity contribution in [1.82, 2.24) is 5.16 Å². The minimum atomic E-state index is -1.18. The largest absolute Gasteiger partial charge is 0.496 e. The minimum Gasteiger partial charge on any atom is -0.496 e. The molecule has 0 amide bonds. The number of benzene rings is 1. The predicted octanol–water partition coefficient (Wildman–Crippen LogP) is 1.94. The molecular weight excluding hydrogens is 236 g/mol. The highest BCUT2D eigenvalue weighted by Gasteiger charge is 2.21. The number of hydrogen-bond donors (Lipinski definition) is 2. The van der Waals surface area contributed by atoms with Gasteiger partial charge in [0.05, 0.1) is 12.7 Å². The molecule has 18 heavy (non-hydrogen) atoms. The summed E-state index contributed by atoms with van der Waals surface area (Å²) < 4.78 is 9.86. The summed E-state index contributed by atoms with van der Waals surface area (Å²) in [6, 6.07) is 5.22. The van der Waals surface area contributed by atoms with Crippen LogP contribution in [0.15, 0.2) is 22.7 Å². The lowest BCUT2D eigenvalue weighted by Gasteiger charge is -2.06. The van der Waals surface area contributed by atoms with E-state index in [1.165, 1.54) is 0 Å². The average Bonchev–Trinajstić information content (AvgIpc) is 2.71. The van der Waals surface area contributed by atoms with Crippen LogP contribution in [0.3, 0.4) is 0 Å². The number of aryl methyl sites for hydroxylation is 1. The van der Waals surface area contributed by atoms with Gasteiger partial charge in [-0.15, -0.1) is 0 Å². The van der Waals surface area contributed by atoms with E-state index in [0.29, 0.717) is 11.3 Å². The lowest BCUT2D eigenvalue weighted by molar-refractivity contribution is 0.0686. The van der Waals surface area contributed by atoms with Crippen molar-refractivity contribution < 1.29 is 19.2 Å². The summed E-state index contributed by atoms with van der Waals surface area (Å²) in [4.78, 5) is 11.0. The van der Waals surface area contributed by atoms with Gasteiger partial charge in [-0.2, -0.15) is 0 Å². The predicted molar refractivity (Wildman–Crippen MR) is 64.6 cm³/mol. The zero-order valence-corrected chi connectivity index (χ0v) is 9.93. The number of carboxylic acid groups (broad SMARTS) is 1. The first-order chi connectivity index (χ1) is 8.54. The Kier molecular flexibility index (Phi) is 2.93. The highest BCUT2D eigenvalue weighted by atomic mass is 16.5. The molecule has 0 saturated carbocycles. The third-order valence-corrected chi connectivity index (χ3v) is 2.60. The summed E-state index contributed by atoms with van der Waals surface area (Å²) in [5.41, 5.74) is 7.19. The van der Waals surface area contributed by atoms with E-state index in [-0.39, 0.29) is 17.1 Å². The summed E-state index contributed by atoms with van der Waals surface area (Å²) >= 11 is 0. The van der Waals surface area contributed by atoms with Gasteiger partial charge in [-0.25, -0.2) is 4.79 Å². The number of carbonyl (C=O) groups is 1. The molecule has 3 N–H and O–H groups in total. The summed E-state index contributed by atoms with van der Waals surface area (Å²) in [5.74, 6) is -0.485. The molecule has 0 atom stereocenters. The van der Waals surface area contributed by atoms with E-state index in [0.717, 1.165) is 5.56 Å². The van der Waals surface area contributed by atoms with Gasteiger partial charge in [0.25, 0.3) is 0 Å². The molecule has 0 aliphatic carbocycles. The molecular formula is C12H12N2O4. The van der Waals surface area contributed by atoms with Crippen LogP contribution >= 0.6 is 0 Å². The molecule has 6 nitrogen and oxygen atoms in total. The smallest absolute Gasteiger partial charge is 0.358 e. The molecule has 0 aliphatic heterocycles. The van der Waals surface area contributed by atoms with Gasteiger partial charge in [-0.1, -0.05) is 11.2 Å². The molecule has 0 aliphatic rings. The zero-order chi connectivity index (χ0) is 13.3. The first-order valence-corrected chi connectivity index (χ1v) is 5.18. The molecule has 0 unspecified atom stereocenters. The van der Waals surface area contributed by atoms with Crippen LogP contribution in [0.1, 0.15) is 16.1 Å². The van der Waals surface area contributed by atoms with Crippen molar-refractivity contribution in [3.8, 4) is 16.9 Å². The Labute approximate surface area is 103 Å². The van der Waals surface area contributed by atoms with Gasteiger partial charge in [0.1, 0.15) is 5.75 Å². The van der Waals surface area contributed by atoms with Crippen molar-refractivity contribution in [1.29, 1.82) is 0 Å². The highest BCUT2D eigenvalue weighted by molar-refractivity contribution is 5.96. The fourth-order valence-electron chi connectivity index (χ4n) is 1.76. The maximum atomic E-state index is 11.0. The molecule has 1 aromatic carbocycles. The number of methoxy groups -OCH3 is 1. The maximum absolute atomic E-state index is 11.0. The first kappa shape index (κ1) is 12.0. The van der Waals surface area contributed by atoms with E-state index in [1.54, 1.807) is 25.3 Å². The van der Waals surface area contributed by atoms with E-state index in [2.05, 4.69) is 5.16 Å². The van der Waals surface area contributed by atoms with E-state index < -0.39 is 5.97 Å². The number of anilines is 1. The number of aromatic nitrogens is 1. The molecule has 6 heteroatoms. The summed E-state index contributed by atoms with van der Waals surface area (Å²) in [7, 11) is 1.57. The quantitative estimate of drug-likeness (QED) is 0.861. The molecule has 0 radical (unpaired) electrons. The van der Waals surface area contributed by atoms with Crippen LogP contribution in [-0.2, 0) is 0 Å². The van der Waals surface area contributed by atoms with Gasteiger partial charge in [0.15, 0.2) is 0 Å². The SMILES string of the molecule is COc1ccc(-c2c(C(=O)O)noc2N)cc1C. The summed E-state index contributed by atoms with van der Waals surface area (Å²) in [6.07, 6.45) is 0. The second-order valence-electron chi connectivity index (χ2n) is 3.76. The monoisotopic (exact) mass is 248 g/mol. The summed E-state index contributed by atoms with van der Waals surface area (Å²) in [6.45, 7) is 1.85. The van der Waals surface area contributed by atoms with E-state index in [4.69, 9.17) is 20.1 Å². The molecule has 1 heterocycles. The Morgan fingerprint density at radius 2 is 2.22 bits per heavy atom. The van der Waals surface area contributed by atoms with Crippen molar-refractivity contribution in [2.75, 3.05) is 12.8 Å². The Morgan fingerprint density at radius 1 is 1.50 bits per heavy atom. The lowest BCUT2D eigenvalue weighted by Crippen LogP contribution is -2.00. The molecule has 0 saturated heterocycles. The van der Waals surface area contributed by atoms with Crippen LogP contribution in [-0.4, -0.2) is 23.3 Å². The highest BCUT2D eigenvalue weighted by Crippen LogP contribution is 2.32. The molecule has 0 fully saturated rings. The maximum Gasteiger partial charge on any atom is 0.358 e. The van der Waals surface area contributed by atoms with Crippen LogP contribution in [0, 0.1) is 6.92 Å². The second kappa shape index (κ2) is 4.40. The van der Waals surface area contributed by atoms with Gasteiger partial charge in [0, 0.05) is 0 Å². The summed E-state index contributed by atoms with van der Waals surface area (Å²) in [5, 5.41) is 12.4. The third kappa shape index (κ3) is 1.88. The second-order valence-corrected chi connectivity index (χ2v) is 3.76. The van der Waals surface area contributed by atoms with Gasteiger partial charge in [-0.3, -0.25) is 0 Å². The van der Waals surface area contributed by atoms with Crippen LogP contribution in [0.25, 0.3) is 11.1 Å². The number of nitrogens with zero attached hydrogens (tertiary/aromatic N) is 1. The van der Waals surface area contributed by atoms with E-state index in [9.17, 15) is 4.79 Å². The molecule has 94 valence electrons. The van der Waals surface area contributed by atoms with Crippen molar-refractivity contribution in [2.45, 2.75) is 6.92 Å². The fourth-order valence-corrected chi connectivity index (χ4v) is 1.76. The lowest BCUT2D eigenvalue weighted by atomic mass is 10.0. The van der Waals surface area contributed by atoms with E-state index in [1.807, 2.05) is 6.92 Å². The van der Waals surface area contributed by atoms with Gasteiger partial charge < -0.3 is 20.1 Å². The Balaban J connectivity index is 2.58. The third-order valence-electron chi connectivity index (χ3n) is 2.60. The minimum absolute atomic E-state index is 0.0167. The van der Waals surface area contributed by atoms with Crippen molar-refractivity contribution in [3.63, 3.8) is 0 Å². The molecule has 0 spiro atoms. The number of nitrogens with two attached hydrogens (primary N) is 1. The topological polar surface area (TPSA) is 98.6 Å². The van der Waals surface area contributed by atoms with Gasteiger partial charge >= 0.3 is 5.97 Å².